The maximum atomic E-state index is 13.4. The van der Waals surface area contributed by atoms with Gasteiger partial charge in [0.1, 0.15) is 12.1 Å². The number of amides is 1. The fourth-order valence-corrected chi connectivity index (χ4v) is 4.34. The summed E-state index contributed by atoms with van der Waals surface area (Å²) in [6.45, 7) is 6.47. The molecule has 12 nitrogen and oxygen atoms in total. The van der Waals surface area contributed by atoms with Crippen molar-refractivity contribution in [3.63, 3.8) is 0 Å². The van der Waals surface area contributed by atoms with E-state index in [1.165, 1.54) is 14.2 Å². The van der Waals surface area contributed by atoms with E-state index in [1.54, 1.807) is 33.7 Å². The Morgan fingerprint density at radius 2 is 1.73 bits per heavy atom. The lowest BCUT2D eigenvalue weighted by molar-refractivity contribution is -0.141. The molecule has 13 heteroatoms. The van der Waals surface area contributed by atoms with Crippen LogP contribution in [-0.2, 0) is 27.9 Å². The van der Waals surface area contributed by atoms with E-state index in [0.717, 1.165) is 9.13 Å². The van der Waals surface area contributed by atoms with Crippen LogP contribution in [0.4, 0.5) is 10.7 Å². The number of carbonyl (C=O) groups is 2. The van der Waals surface area contributed by atoms with Crippen LogP contribution in [0.5, 0.6) is 0 Å². The normalized spacial score (nSPS) is 14.2. The molecule has 0 bridgehead atoms. The molecular weight excluding hydrogens is 504 g/mol. The number of aromatic nitrogens is 4. The zero-order valence-electron chi connectivity index (χ0n) is 21.4. The third-order valence-corrected chi connectivity index (χ3v) is 6.26. The van der Waals surface area contributed by atoms with Gasteiger partial charge in [-0.3, -0.25) is 23.3 Å². The van der Waals surface area contributed by atoms with Gasteiger partial charge in [0.25, 0.3) is 5.56 Å². The third-order valence-electron chi connectivity index (χ3n) is 5.94. The molecule has 1 amide bonds. The number of rotatable bonds is 4. The van der Waals surface area contributed by atoms with Crippen molar-refractivity contribution in [2.45, 2.75) is 32.9 Å². The summed E-state index contributed by atoms with van der Waals surface area (Å²) in [5.41, 5.74) is -1.31. The van der Waals surface area contributed by atoms with E-state index in [0.29, 0.717) is 42.8 Å². The number of methoxy groups -OCH3 is 1. The van der Waals surface area contributed by atoms with Gasteiger partial charge in [-0.2, -0.15) is 4.98 Å². The molecule has 2 aromatic heterocycles. The number of esters is 1. The number of benzene rings is 1. The van der Waals surface area contributed by atoms with Crippen LogP contribution in [0.3, 0.4) is 0 Å². The summed E-state index contributed by atoms with van der Waals surface area (Å²) in [5.74, 6) is -0.310. The standard InChI is InChI=1S/C24H29ClN6O6/c1-24(2,3)37-23(35)29-12-10-28(11-13-29)21-26-19-18(31(21)16-9-7-6-8-15(16)25)20(33)27(4)22(34)30(19)14-17(32)36-5/h6-9H,10-14H2,1-5H3. The topological polar surface area (TPSA) is 121 Å². The number of hydrogen-bond donors (Lipinski definition) is 0. The highest BCUT2D eigenvalue weighted by Crippen LogP contribution is 2.30. The van der Waals surface area contributed by atoms with Gasteiger partial charge in [-0.15, -0.1) is 0 Å². The average molecular weight is 533 g/mol. The number of anilines is 1. The van der Waals surface area contributed by atoms with Crippen molar-refractivity contribution in [3.05, 3.63) is 50.1 Å². The summed E-state index contributed by atoms with van der Waals surface area (Å²) < 4.78 is 13.9. The van der Waals surface area contributed by atoms with E-state index in [2.05, 4.69) is 4.98 Å². The highest BCUT2D eigenvalue weighted by Gasteiger charge is 2.31. The summed E-state index contributed by atoms with van der Waals surface area (Å²) in [5, 5.41) is 0.364. The molecule has 0 saturated carbocycles. The Kier molecular flexibility index (Phi) is 7.05. The van der Waals surface area contributed by atoms with E-state index >= 15 is 0 Å². The van der Waals surface area contributed by atoms with Crippen molar-refractivity contribution < 1.29 is 19.1 Å². The van der Waals surface area contributed by atoms with Crippen molar-refractivity contribution in [3.8, 4) is 5.69 Å². The Balaban J connectivity index is 1.86. The molecule has 1 saturated heterocycles. The molecule has 0 aliphatic carbocycles. The Morgan fingerprint density at radius 1 is 1.08 bits per heavy atom. The minimum absolute atomic E-state index is 0.0305. The molecule has 37 heavy (non-hydrogen) atoms. The molecule has 4 rings (SSSR count). The van der Waals surface area contributed by atoms with Crippen LogP contribution in [0.25, 0.3) is 16.9 Å². The summed E-state index contributed by atoms with van der Waals surface area (Å²) in [6.07, 6.45) is -0.410. The molecule has 1 aromatic carbocycles. The van der Waals surface area contributed by atoms with Gasteiger partial charge in [-0.25, -0.2) is 9.59 Å². The molecule has 1 fully saturated rings. The van der Waals surface area contributed by atoms with Crippen LogP contribution in [-0.4, -0.2) is 74.5 Å². The third kappa shape index (κ3) is 5.06. The average Bonchev–Trinajstić information content (AvgIpc) is 3.24. The summed E-state index contributed by atoms with van der Waals surface area (Å²) in [4.78, 5) is 59.2. The quantitative estimate of drug-likeness (QED) is 0.466. The zero-order chi connectivity index (χ0) is 27.1. The molecule has 3 heterocycles. The molecule has 198 valence electrons. The Labute approximate surface area is 217 Å². The number of halogens is 1. The van der Waals surface area contributed by atoms with Crippen molar-refractivity contribution in [2.75, 3.05) is 38.2 Å². The Morgan fingerprint density at radius 3 is 2.32 bits per heavy atom. The minimum Gasteiger partial charge on any atom is -0.468 e. The van der Waals surface area contributed by atoms with Crippen LogP contribution in [0.1, 0.15) is 20.8 Å². The first-order valence-electron chi connectivity index (χ1n) is 11.7. The van der Waals surface area contributed by atoms with Crippen LogP contribution in [0.2, 0.25) is 5.02 Å². The fourth-order valence-electron chi connectivity index (χ4n) is 4.12. The highest BCUT2D eigenvalue weighted by atomic mass is 35.5. The molecule has 0 unspecified atom stereocenters. The van der Waals surface area contributed by atoms with Crippen LogP contribution in [0, 0.1) is 0 Å². The molecular formula is C24H29ClN6O6. The maximum Gasteiger partial charge on any atom is 0.410 e. The molecule has 3 aromatic rings. The first kappa shape index (κ1) is 26.3. The zero-order valence-corrected chi connectivity index (χ0v) is 22.1. The summed E-state index contributed by atoms with van der Waals surface area (Å²) in [6, 6.07) is 6.95. The second kappa shape index (κ2) is 9.92. The number of ether oxygens (including phenoxy) is 2. The van der Waals surface area contributed by atoms with E-state index in [1.807, 2.05) is 25.7 Å². The van der Waals surface area contributed by atoms with Crippen LogP contribution < -0.4 is 16.1 Å². The number of hydrogen-bond acceptors (Lipinski definition) is 8. The van der Waals surface area contributed by atoms with Gasteiger partial charge < -0.3 is 19.3 Å². The molecule has 0 spiro atoms. The predicted molar refractivity (Wildman–Crippen MR) is 138 cm³/mol. The van der Waals surface area contributed by atoms with Crippen molar-refractivity contribution in [1.82, 2.24) is 23.6 Å². The van der Waals surface area contributed by atoms with E-state index in [-0.39, 0.29) is 11.2 Å². The molecule has 0 radical (unpaired) electrons. The largest absolute Gasteiger partial charge is 0.468 e. The van der Waals surface area contributed by atoms with Gasteiger partial charge >= 0.3 is 17.8 Å². The minimum atomic E-state index is -0.701. The van der Waals surface area contributed by atoms with Gasteiger partial charge in [0.2, 0.25) is 5.95 Å². The van der Waals surface area contributed by atoms with Crippen LogP contribution >= 0.6 is 11.6 Å². The molecule has 1 aliphatic rings. The lowest BCUT2D eigenvalue weighted by Crippen LogP contribution is -2.50. The number of piperazine rings is 1. The second-order valence-electron chi connectivity index (χ2n) is 9.63. The number of para-hydroxylation sites is 1. The lowest BCUT2D eigenvalue weighted by atomic mass is 10.2. The van der Waals surface area contributed by atoms with Gasteiger partial charge in [-0.05, 0) is 32.9 Å². The van der Waals surface area contributed by atoms with Gasteiger partial charge in [-0.1, -0.05) is 23.7 Å². The van der Waals surface area contributed by atoms with E-state index in [9.17, 15) is 19.2 Å². The maximum absolute atomic E-state index is 13.4. The SMILES string of the molecule is COC(=O)Cn1c(=O)n(C)c(=O)c2c1nc(N1CCN(C(=O)OC(C)(C)C)CC1)n2-c1ccccc1Cl. The number of fused-ring (bicyclic) bond motifs is 1. The van der Waals surface area contributed by atoms with Gasteiger partial charge in [0.15, 0.2) is 11.2 Å². The second-order valence-corrected chi connectivity index (χ2v) is 10.0. The smallest absolute Gasteiger partial charge is 0.410 e. The summed E-state index contributed by atoms with van der Waals surface area (Å²) in [7, 11) is 2.55. The number of carbonyl (C=O) groups excluding carboxylic acids is 2. The lowest BCUT2D eigenvalue weighted by Gasteiger charge is -2.36. The number of nitrogens with zero attached hydrogens (tertiary/aromatic N) is 6. The first-order valence-corrected chi connectivity index (χ1v) is 12.1. The highest BCUT2D eigenvalue weighted by molar-refractivity contribution is 6.32. The van der Waals surface area contributed by atoms with Crippen molar-refractivity contribution >= 4 is 40.8 Å². The van der Waals surface area contributed by atoms with Crippen LogP contribution in [0.15, 0.2) is 33.9 Å². The van der Waals surface area contributed by atoms with Gasteiger partial charge in [0.05, 0.1) is 17.8 Å². The summed E-state index contributed by atoms with van der Waals surface area (Å²) >= 11 is 6.54. The van der Waals surface area contributed by atoms with Gasteiger partial charge in [0, 0.05) is 33.2 Å². The van der Waals surface area contributed by atoms with E-state index < -0.39 is 35.5 Å². The number of imidazole rings is 1. The Hall–Kier alpha value is -3.80. The molecule has 0 N–H and O–H groups in total. The monoisotopic (exact) mass is 532 g/mol. The van der Waals surface area contributed by atoms with E-state index in [4.69, 9.17) is 21.1 Å². The Bertz CT molecular complexity index is 1480. The van der Waals surface area contributed by atoms with Crippen molar-refractivity contribution in [1.29, 1.82) is 0 Å². The first-order chi connectivity index (χ1) is 17.4. The van der Waals surface area contributed by atoms with Crippen molar-refractivity contribution in [2.24, 2.45) is 7.05 Å². The molecule has 1 aliphatic heterocycles. The predicted octanol–water partition coefficient (Wildman–Crippen LogP) is 1.77. The fraction of sp³-hybridized carbons (Fsp3) is 0.458. The molecule has 0 atom stereocenters.